The van der Waals surface area contributed by atoms with Crippen LogP contribution in [0.1, 0.15) is 90.4 Å². The summed E-state index contributed by atoms with van der Waals surface area (Å²) in [5, 5.41) is 19.3. The molecule has 178 valence electrons. The van der Waals surface area contributed by atoms with Crippen LogP contribution in [0.4, 0.5) is 0 Å². The van der Waals surface area contributed by atoms with Crippen molar-refractivity contribution in [2.75, 3.05) is 13.2 Å². The molecule has 0 saturated heterocycles. The van der Waals surface area contributed by atoms with E-state index in [9.17, 15) is 19.6 Å². The van der Waals surface area contributed by atoms with E-state index in [2.05, 4.69) is 17.5 Å². The van der Waals surface area contributed by atoms with E-state index in [1.165, 1.54) is 32.1 Å². The zero-order chi connectivity index (χ0) is 22.7. The number of carbonyl (C=O) groups is 1. The molecule has 0 amide bonds. The van der Waals surface area contributed by atoms with Gasteiger partial charge >= 0.3 is 13.8 Å². The number of hydrogen-bond acceptors (Lipinski definition) is 6. The van der Waals surface area contributed by atoms with Gasteiger partial charge in [0.1, 0.15) is 12.7 Å². The summed E-state index contributed by atoms with van der Waals surface area (Å²) in [6.45, 7) is 1.25. The number of allylic oxidation sites excluding steroid dienone is 1. The second kappa shape index (κ2) is 19.0. The number of hydrogen-bond donors (Lipinski definition) is 4. The number of carbonyl (C=O) groups excluding carboxylic acids is 1. The summed E-state index contributed by atoms with van der Waals surface area (Å²) >= 11 is 0. The topological polar surface area (TPSA) is 134 Å². The Hall–Kier alpha value is -0.760. The molecule has 0 spiro atoms. The second-order valence-corrected chi connectivity index (χ2v) is 8.87. The van der Waals surface area contributed by atoms with Crippen LogP contribution in [0.5, 0.6) is 0 Å². The van der Waals surface area contributed by atoms with Gasteiger partial charge in [-0.2, -0.15) is 0 Å². The van der Waals surface area contributed by atoms with Gasteiger partial charge in [0, 0.05) is 6.42 Å². The maximum absolute atomic E-state index is 11.6. The zero-order valence-electron chi connectivity index (χ0n) is 18.3. The number of unbranched alkanes of at least 4 members (excludes halogenated alkanes) is 9. The van der Waals surface area contributed by atoms with Crippen LogP contribution in [0.25, 0.3) is 0 Å². The van der Waals surface area contributed by atoms with Crippen molar-refractivity contribution in [3.8, 4) is 0 Å². The van der Waals surface area contributed by atoms with E-state index in [1.54, 1.807) is 0 Å². The summed E-state index contributed by atoms with van der Waals surface area (Å²) < 4.78 is 19.5. The summed E-state index contributed by atoms with van der Waals surface area (Å²) in [5.41, 5.74) is 0. The first-order valence-electron chi connectivity index (χ1n) is 11.1. The molecule has 9 heteroatoms. The molecule has 4 N–H and O–H groups in total. The standard InChI is InChI=1S/C21H41O8P/c1-2-3-4-5-6-8-11-14-19(22)15-12-9-7-10-13-16-21(24)28-17-20(23)18-29-30(25,26)27/h11,14,19-20,22-23H,2-10,12-13,15-18H2,1H3,(H2,25,26,27)/b14-11+/t19?,20-/m1/s1. The summed E-state index contributed by atoms with van der Waals surface area (Å²) in [4.78, 5) is 28.6. The number of esters is 1. The Balaban J connectivity index is 3.51. The molecule has 0 rings (SSSR count). The Morgan fingerprint density at radius 3 is 2.27 bits per heavy atom. The summed E-state index contributed by atoms with van der Waals surface area (Å²) in [6.07, 6.45) is 15.1. The van der Waals surface area contributed by atoms with Crippen LogP contribution in [-0.4, -0.2) is 51.4 Å². The smallest absolute Gasteiger partial charge is 0.463 e. The Morgan fingerprint density at radius 2 is 1.57 bits per heavy atom. The summed E-state index contributed by atoms with van der Waals surface area (Å²) in [6, 6.07) is 0. The lowest BCUT2D eigenvalue weighted by atomic mass is 10.1. The van der Waals surface area contributed by atoms with Gasteiger partial charge in [-0.3, -0.25) is 9.32 Å². The van der Waals surface area contributed by atoms with Gasteiger partial charge < -0.3 is 24.7 Å². The molecule has 8 nitrogen and oxygen atoms in total. The first kappa shape index (κ1) is 29.2. The van der Waals surface area contributed by atoms with Gasteiger partial charge in [0.05, 0.1) is 12.7 Å². The van der Waals surface area contributed by atoms with Crippen molar-refractivity contribution in [3.63, 3.8) is 0 Å². The Labute approximate surface area is 180 Å². The van der Waals surface area contributed by atoms with Crippen LogP contribution in [-0.2, 0) is 18.6 Å². The van der Waals surface area contributed by atoms with Crippen LogP contribution in [0.15, 0.2) is 12.2 Å². The highest BCUT2D eigenvalue weighted by molar-refractivity contribution is 7.46. The van der Waals surface area contributed by atoms with Crippen LogP contribution < -0.4 is 0 Å². The number of phosphoric acid groups is 1. The molecule has 0 heterocycles. The van der Waals surface area contributed by atoms with Gasteiger partial charge in [-0.25, -0.2) is 4.57 Å². The van der Waals surface area contributed by atoms with Gasteiger partial charge in [-0.1, -0.05) is 70.4 Å². The Kier molecular flexibility index (Phi) is 18.5. The lowest BCUT2D eigenvalue weighted by Crippen LogP contribution is -2.23. The molecule has 0 fully saturated rings. The van der Waals surface area contributed by atoms with E-state index >= 15 is 0 Å². The number of rotatable bonds is 20. The van der Waals surface area contributed by atoms with E-state index in [4.69, 9.17) is 14.5 Å². The Bertz CT molecular complexity index is 491. The first-order chi connectivity index (χ1) is 14.2. The number of aliphatic hydroxyl groups excluding tert-OH is 2. The maximum Gasteiger partial charge on any atom is 0.469 e. The highest BCUT2D eigenvalue weighted by atomic mass is 31.2. The van der Waals surface area contributed by atoms with Crippen molar-refractivity contribution in [2.45, 2.75) is 103 Å². The van der Waals surface area contributed by atoms with E-state index in [1.807, 2.05) is 6.08 Å². The monoisotopic (exact) mass is 452 g/mol. The third-order valence-corrected chi connectivity index (χ3v) is 5.07. The van der Waals surface area contributed by atoms with Crippen LogP contribution in [0.2, 0.25) is 0 Å². The van der Waals surface area contributed by atoms with E-state index in [-0.39, 0.29) is 19.1 Å². The average Bonchev–Trinajstić information content (AvgIpc) is 2.68. The van der Waals surface area contributed by atoms with Crippen LogP contribution in [0.3, 0.4) is 0 Å². The fourth-order valence-corrected chi connectivity index (χ4v) is 3.23. The fraction of sp³-hybridized carbons (Fsp3) is 0.857. The number of aliphatic hydroxyl groups is 2. The zero-order valence-corrected chi connectivity index (χ0v) is 19.2. The first-order valence-corrected chi connectivity index (χ1v) is 12.7. The van der Waals surface area contributed by atoms with E-state index in [0.29, 0.717) is 6.42 Å². The third kappa shape index (κ3) is 21.9. The van der Waals surface area contributed by atoms with Crippen molar-refractivity contribution in [1.29, 1.82) is 0 Å². The van der Waals surface area contributed by atoms with Crippen molar-refractivity contribution in [2.24, 2.45) is 0 Å². The summed E-state index contributed by atoms with van der Waals surface area (Å²) in [7, 11) is -4.64. The molecule has 1 unspecified atom stereocenters. The lowest BCUT2D eigenvalue weighted by molar-refractivity contribution is -0.147. The third-order valence-electron chi connectivity index (χ3n) is 4.59. The quantitative estimate of drug-likeness (QED) is 0.0942. The molecule has 0 aromatic carbocycles. The minimum absolute atomic E-state index is 0.232. The van der Waals surface area contributed by atoms with Crippen LogP contribution >= 0.6 is 7.82 Å². The SMILES string of the molecule is CCCCCCC/C=C/C(O)CCCCCCCC(=O)OC[C@@H](O)COP(=O)(O)O. The summed E-state index contributed by atoms with van der Waals surface area (Å²) in [5.74, 6) is -0.458. The molecule has 0 saturated carbocycles. The van der Waals surface area contributed by atoms with E-state index in [0.717, 1.165) is 38.5 Å². The normalized spacial score (nSPS) is 14.2. The predicted molar refractivity (Wildman–Crippen MR) is 116 cm³/mol. The molecule has 0 aromatic rings. The number of ether oxygens (including phenoxy) is 1. The molecule has 2 atom stereocenters. The van der Waals surface area contributed by atoms with Crippen molar-refractivity contribution in [1.82, 2.24) is 0 Å². The van der Waals surface area contributed by atoms with Gasteiger partial charge in [0.2, 0.25) is 0 Å². The molecule has 0 aliphatic rings. The second-order valence-electron chi connectivity index (χ2n) is 7.63. The molecular weight excluding hydrogens is 411 g/mol. The van der Waals surface area contributed by atoms with Crippen molar-refractivity contribution in [3.05, 3.63) is 12.2 Å². The molecule has 0 aliphatic heterocycles. The Morgan fingerprint density at radius 1 is 0.933 bits per heavy atom. The van der Waals surface area contributed by atoms with Crippen LogP contribution in [0, 0.1) is 0 Å². The van der Waals surface area contributed by atoms with Gasteiger partial charge in [0.25, 0.3) is 0 Å². The molecule has 0 radical (unpaired) electrons. The van der Waals surface area contributed by atoms with Crippen molar-refractivity contribution >= 4 is 13.8 Å². The highest BCUT2D eigenvalue weighted by Gasteiger charge is 2.17. The van der Waals surface area contributed by atoms with Gasteiger partial charge in [0.15, 0.2) is 0 Å². The minimum Gasteiger partial charge on any atom is -0.463 e. The van der Waals surface area contributed by atoms with Gasteiger partial charge in [-0.15, -0.1) is 0 Å². The largest absolute Gasteiger partial charge is 0.469 e. The van der Waals surface area contributed by atoms with E-state index < -0.39 is 26.5 Å². The molecule has 0 aliphatic carbocycles. The average molecular weight is 453 g/mol. The van der Waals surface area contributed by atoms with Gasteiger partial charge in [-0.05, 0) is 25.7 Å². The predicted octanol–water partition coefficient (Wildman–Crippen LogP) is 4.01. The number of phosphoric ester groups is 1. The maximum atomic E-state index is 11.6. The minimum atomic E-state index is -4.64. The molecular formula is C21H41O8P. The fourth-order valence-electron chi connectivity index (χ4n) is 2.86. The highest BCUT2D eigenvalue weighted by Crippen LogP contribution is 2.35. The molecule has 0 bridgehead atoms. The molecule has 30 heavy (non-hydrogen) atoms. The van der Waals surface area contributed by atoms with Crippen molar-refractivity contribution < 1.29 is 38.6 Å². The molecule has 0 aromatic heterocycles. The lowest BCUT2D eigenvalue weighted by Gasteiger charge is -2.12.